The first-order valence-corrected chi connectivity index (χ1v) is 14.5. The van der Waals surface area contributed by atoms with Crippen molar-refractivity contribution in [3.8, 4) is 0 Å². The predicted octanol–water partition coefficient (Wildman–Crippen LogP) is 2.49. The molecule has 2 aromatic carbocycles. The van der Waals surface area contributed by atoms with E-state index in [2.05, 4.69) is 4.84 Å². The molecule has 1 fully saturated rings. The third-order valence-electron chi connectivity index (χ3n) is 5.62. The summed E-state index contributed by atoms with van der Waals surface area (Å²) in [7, 11) is 0. The number of para-hydroxylation sites is 1. The van der Waals surface area contributed by atoms with Crippen LogP contribution in [0.25, 0.3) is 0 Å². The van der Waals surface area contributed by atoms with Crippen LogP contribution in [0.3, 0.4) is 0 Å². The molecule has 1 saturated heterocycles. The van der Waals surface area contributed by atoms with Gasteiger partial charge in [0.15, 0.2) is 11.5 Å². The van der Waals surface area contributed by atoms with Gasteiger partial charge in [-0.2, -0.15) is 5.01 Å². The zero-order valence-corrected chi connectivity index (χ0v) is 23.7. The molecule has 0 N–H and O–H groups in total. The predicted molar refractivity (Wildman–Crippen MR) is 137 cm³/mol. The van der Waals surface area contributed by atoms with Gasteiger partial charge in [-0.25, -0.2) is 19.3 Å². The van der Waals surface area contributed by atoms with E-state index in [-0.39, 0.29) is 36.8 Å². The van der Waals surface area contributed by atoms with Gasteiger partial charge in [0.25, 0.3) is 0 Å². The van der Waals surface area contributed by atoms with Crippen LogP contribution in [0.5, 0.6) is 0 Å². The van der Waals surface area contributed by atoms with E-state index >= 15 is 0 Å². The number of hydrazine groups is 1. The van der Waals surface area contributed by atoms with E-state index in [9.17, 15) is 27.1 Å². The van der Waals surface area contributed by atoms with Crippen molar-refractivity contribution in [1.29, 1.82) is 0 Å². The van der Waals surface area contributed by atoms with Crippen LogP contribution >= 0.6 is 23.2 Å². The van der Waals surface area contributed by atoms with Crippen molar-refractivity contribution >= 4 is 63.2 Å². The molecule has 4 rings (SSSR count). The van der Waals surface area contributed by atoms with Crippen LogP contribution in [0.15, 0.2) is 42.5 Å². The van der Waals surface area contributed by atoms with E-state index in [1.807, 2.05) is 0 Å². The highest BCUT2D eigenvalue weighted by Gasteiger charge is 2.49. The number of hydrogen-bond acceptors (Lipinski definition) is 14. The Bertz CT molecular complexity index is 1300. The summed E-state index contributed by atoms with van der Waals surface area (Å²) < 4.78 is 60.2. The summed E-state index contributed by atoms with van der Waals surface area (Å²) in [5, 5.41) is 0.965. The highest BCUT2D eigenvalue weighted by atomic mass is 35.5. The molecular weight excluding hydrogens is 617 g/mol. The Labute approximate surface area is 242 Å². The number of rotatable bonds is 10. The number of carbonyl (C=O) groups excluding carboxylic acids is 2. The molecule has 5 unspecified atom stereocenters. The van der Waals surface area contributed by atoms with Gasteiger partial charge < -0.3 is 18.6 Å². The first-order valence-electron chi connectivity index (χ1n) is 11.5. The minimum absolute atomic E-state index is 0.0346. The fraction of sp³-hybridized carbons (Fsp3) is 0.364. The van der Waals surface area contributed by atoms with Crippen molar-refractivity contribution in [2.45, 2.75) is 30.3 Å². The first-order chi connectivity index (χ1) is 19.1. The Hall–Kier alpha value is -2.38. The molecule has 40 heavy (non-hydrogen) atoms. The SMILES string of the molecule is CCOC(=O)C1c2ccccc2N(Cc2ccc(Cl)cc2Cl)N1C(C(OC(=O)ON1OCCO1)S(=O)[O-])S(=O)[O-]. The maximum atomic E-state index is 13.2. The van der Waals surface area contributed by atoms with Crippen molar-refractivity contribution < 1.29 is 51.1 Å². The van der Waals surface area contributed by atoms with Crippen LogP contribution in [0.4, 0.5) is 10.5 Å². The summed E-state index contributed by atoms with van der Waals surface area (Å²) in [4.78, 5) is 39.8. The van der Waals surface area contributed by atoms with Gasteiger partial charge in [0, 0.05) is 15.6 Å². The highest BCUT2D eigenvalue weighted by molar-refractivity contribution is 7.83. The van der Waals surface area contributed by atoms with E-state index in [0.717, 1.165) is 5.01 Å². The lowest BCUT2D eigenvalue weighted by Gasteiger charge is -2.42. The van der Waals surface area contributed by atoms with Gasteiger partial charge in [-0.1, -0.05) is 47.5 Å². The lowest BCUT2D eigenvalue weighted by molar-refractivity contribution is -0.459. The Morgan fingerprint density at radius 1 is 1.10 bits per heavy atom. The van der Waals surface area contributed by atoms with Crippen LogP contribution in [-0.2, 0) is 57.5 Å². The zero-order valence-electron chi connectivity index (χ0n) is 20.5. The maximum Gasteiger partial charge on any atom is 0.532 e. The third kappa shape index (κ3) is 6.73. The molecule has 2 heterocycles. The van der Waals surface area contributed by atoms with Gasteiger partial charge in [-0.05, 0) is 52.8 Å². The molecule has 2 aliphatic rings. The summed E-state index contributed by atoms with van der Waals surface area (Å²) >= 11 is 5.72. The van der Waals surface area contributed by atoms with Crippen molar-refractivity contribution in [2.75, 3.05) is 24.8 Å². The van der Waals surface area contributed by atoms with Crippen molar-refractivity contribution in [1.82, 2.24) is 10.4 Å². The summed E-state index contributed by atoms with van der Waals surface area (Å²) in [6.07, 6.45) is -1.65. The second-order valence-corrected chi connectivity index (χ2v) is 10.8. The van der Waals surface area contributed by atoms with Crippen LogP contribution in [-0.4, -0.2) is 70.7 Å². The third-order valence-corrected chi connectivity index (χ3v) is 7.97. The van der Waals surface area contributed by atoms with Crippen LogP contribution in [0.2, 0.25) is 10.0 Å². The number of halogens is 2. The summed E-state index contributed by atoms with van der Waals surface area (Å²) in [5.74, 6) is -0.882. The quantitative estimate of drug-likeness (QED) is 0.275. The molecule has 2 aromatic rings. The average Bonchev–Trinajstić information content (AvgIpc) is 3.51. The van der Waals surface area contributed by atoms with Gasteiger partial charge in [-0.15, -0.1) is 0 Å². The Morgan fingerprint density at radius 2 is 1.80 bits per heavy atom. The second kappa shape index (κ2) is 13.5. The molecule has 14 nitrogen and oxygen atoms in total. The summed E-state index contributed by atoms with van der Waals surface area (Å²) in [6.45, 7) is 1.41. The van der Waals surface area contributed by atoms with Crippen LogP contribution < -0.4 is 5.01 Å². The van der Waals surface area contributed by atoms with Gasteiger partial charge in [0.2, 0.25) is 0 Å². The molecule has 0 aromatic heterocycles. The number of hydrogen-bond donors (Lipinski definition) is 0. The summed E-state index contributed by atoms with van der Waals surface area (Å²) in [5.41, 5.74) is -1.30. The molecule has 218 valence electrons. The zero-order chi connectivity index (χ0) is 29.0. The minimum atomic E-state index is -3.37. The molecule has 0 aliphatic carbocycles. The first kappa shape index (κ1) is 30.6. The fourth-order valence-electron chi connectivity index (χ4n) is 4.07. The number of ether oxygens (including phenoxy) is 2. The van der Waals surface area contributed by atoms with Crippen molar-refractivity contribution in [2.24, 2.45) is 0 Å². The molecular formula is C22H21Cl2N3O11S2-2. The van der Waals surface area contributed by atoms with Crippen molar-refractivity contribution in [3.63, 3.8) is 0 Å². The van der Waals surface area contributed by atoms with Crippen molar-refractivity contribution in [3.05, 3.63) is 63.6 Å². The molecule has 5 atom stereocenters. The van der Waals surface area contributed by atoms with Crippen LogP contribution in [0.1, 0.15) is 24.1 Å². The Kier molecular flexibility index (Phi) is 10.3. The number of esters is 1. The van der Waals surface area contributed by atoms with E-state index in [0.29, 0.717) is 21.8 Å². The molecule has 0 saturated carbocycles. The topological polar surface area (TPSA) is 170 Å². The molecule has 0 spiro atoms. The van der Waals surface area contributed by atoms with Gasteiger partial charge in [-0.3, -0.25) is 18.3 Å². The minimum Gasteiger partial charge on any atom is -0.771 e. The summed E-state index contributed by atoms with van der Waals surface area (Å²) in [6, 6.07) is 9.54. The number of anilines is 1. The van der Waals surface area contributed by atoms with Crippen LogP contribution in [0, 0.1) is 0 Å². The van der Waals surface area contributed by atoms with Gasteiger partial charge in [0.1, 0.15) is 24.0 Å². The standard InChI is InChI=1S/C22H23Cl2N3O11S2/c1-2-34-20(28)18-15-5-3-4-6-17(15)25(12-13-7-8-14(23)11-16(13)24)26(18)19(39(30)31)21(40(32)33)37-22(29)38-27-35-9-10-36-27/h3-8,11,18-19,21H,2,9-10,12H2,1H3,(H,30,31)(H,32,33)/p-2. The number of benzene rings is 2. The second-order valence-electron chi connectivity index (χ2n) is 8.02. The van der Waals surface area contributed by atoms with E-state index in [4.69, 9.17) is 42.4 Å². The average molecular weight is 638 g/mol. The Morgan fingerprint density at radius 3 is 2.42 bits per heavy atom. The fourth-order valence-corrected chi connectivity index (χ4v) is 6.20. The van der Waals surface area contributed by atoms with E-state index < -0.39 is 51.1 Å². The van der Waals surface area contributed by atoms with E-state index in [1.165, 1.54) is 11.1 Å². The molecule has 0 radical (unpaired) electrons. The number of nitrogens with zero attached hydrogens (tertiary/aromatic N) is 3. The highest BCUT2D eigenvalue weighted by Crippen LogP contribution is 2.44. The molecule has 0 bridgehead atoms. The molecule has 2 aliphatic heterocycles. The molecule has 0 amide bonds. The Balaban J connectivity index is 1.79. The number of carbonyl (C=O) groups is 2. The lowest BCUT2D eigenvalue weighted by atomic mass is 10.1. The smallest absolute Gasteiger partial charge is 0.532 e. The molecule has 18 heteroatoms. The van der Waals surface area contributed by atoms with E-state index in [1.54, 1.807) is 43.3 Å². The lowest BCUT2D eigenvalue weighted by Crippen LogP contribution is -2.57. The van der Waals surface area contributed by atoms with Gasteiger partial charge >= 0.3 is 12.1 Å². The van der Waals surface area contributed by atoms with Gasteiger partial charge in [0.05, 0.1) is 18.8 Å². The number of fused-ring (bicyclic) bond motifs is 1. The normalized spacial score (nSPS) is 20.4. The largest absolute Gasteiger partial charge is 0.771 e. The maximum absolute atomic E-state index is 13.2. The monoisotopic (exact) mass is 637 g/mol.